The van der Waals surface area contributed by atoms with E-state index in [1.54, 1.807) is 42.5 Å². The molecule has 11 heteroatoms. The number of nitrogens with one attached hydrogen (secondary N) is 1. The Kier molecular flexibility index (Phi) is 10.1. The van der Waals surface area contributed by atoms with E-state index in [4.69, 9.17) is 27.9 Å². The van der Waals surface area contributed by atoms with Gasteiger partial charge in [0.1, 0.15) is 5.75 Å². The van der Waals surface area contributed by atoms with Crippen molar-refractivity contribution in [2.45, 2.75) is 25.0 Å². The minimum Gasteiger partial charge on any atom is -0.426 e. The van der Waals surface area contributed by atoms with Gasteiger partial charge in [0.2, 0.25) is 0 Å². The average molecular weight is 602 g/mol. The van der Waals surface area contributed by atoms with Gasteiger partial charge in [-0.25, -0.2) is 0 Å². The minimum atomic E-state index is -0.444. The van der Waals surface area contributed by atoms with Crippen LogP contribution >= 0.6 is 35.1 Å². The smallest absolute Gasteiger partial charge is 0.315 e. The maximum atomic E-state index is 13.0. The second-order valence-electron chi connectivity index (χ2n) is 10.0. The molecule has 0 radical (unpaired) electrons. The Morgan fingerprint density at radius 3 is 2.25 bits per heavy atom. The number of halogens is 2. The molecule has 1 fully saturated rings. The molecule has 4 rings (SSSR count). The third-order valence-electron chi connectivity index (χ3n) is 6.46. The van der Waals surface area contributed by atoms with Crippen molar-refractivity contribution in [3.8, 4) is 5.75 Å². The molecule has 0 saturated carbocycles. The lowest BCUT2D eigenvalue weighted by Gasteiger charge is -2.37. The van der Waals surface area contributed by atoms with E-state index >= 15 is 0 Å². The van der Waals surface area contributed by atoms with E-state index in [2.05, 4.69) is 14.8 Å². The van der Waals surface area contributed by atoms with Gasteiger partial charge in [-0.1, -0.05) is 47.5 Å². The van der Waals surface area contributed by atoms with Crippen LogP contribution in [0.5, 0.6) is 5.75 Å². The van der Waals surface area contributed by atoms with Gasteiger partial charge in [-0.05, 0) is 61.9 Å². The molecule has 40 heavy (non-hydrogen) atoms. The molecular weight excluding hydrogens is 571 g/mol. The molecule has 0 spiro atoms. The Balaban J connectivity index is 1.32. The van der Waals surface area contributed by atoms with Crippen LogP contribution in [0.1, 0.15) is 29.8 Å². The molecule has 1 aliphatic rings. The lowest BCUT2D eigenvalue weighted by Crippen LogP contribution is -2.51. The number of piperazine rings is 1. The standard InChI is InChI=1S/C29H30Cl2N4O4S/c1-29(2,40-33-38)19-34-14-16-35(17-15-34)28(37)20-10-12-22(13-11-20)39-26(36)18-21-6-3-4-9-25(21)32-27-23(30)7-5-8-24(27)31/h3-13,32H,14-19H2,1-2H3. The van der Waals surface area contributed by atoms with E-state index in [0.717, 1.165) is 37.1 Å². The van der Waals surface area contributed by atoms with Crippen molar-refractivity contribution in [1.82, 2.24) is 9.80 Å². The maximum absolute atomic E-state index is 13.0. The van der Waals surface area contributed by atoms with E-state index in [1.165, 1.54) is 0 Å². The first kappa shape index (κ1) is 29.9. The highest BCUT2D eigenvalue weighted by Gasteiger charge is 2.28. The van der Waals surface area contributed by atoms with Crippen LogP contribution < -0.4 is 10.1 Å². The van der Waals surface area contributed by atoms with Crippen LogP contribution in [0.25, 0.3) is 0 Å². The Bertz CT molecular complexity index is 1340. The first-order valence-corrected chi connectivity index (χ1v) is 14.3. The van der Waals surface area contributed by atoms with E-state index < -0.39 is 5.97 Å². The van der Waals surface area contributed by atoms with Crippen molar-refractivity contribution in [3.63, 3.8) is 0 Å². The molecule has 8 nitrogen and oxygen atoms in total. The normalized spacial score (nSPS) is 14.1. The second-order valence-corrected chi connectivity index (χ2v) is 12.3. The quantitative estimate of drug-likeness (QED) is 0.118. The molecule has 1 amide bonds. The molecule has 0 aliphatic carbocycles. The van der Waals surface area contributed by atoms with Gasteiger partial charge < -0.3 is 15.0 Å². The summed E-state index contributed by atoms with van der Waals surface area (Å²) in [5.74, 6) is -0.158. The number of nitroso groups, excluding NO2 is 1. The van der Waals surface area contributed by atoms with E-state index in [9.17, 15) is 14.5 Å². The number of benzene rings is 3. The van der Waals surface area contributed by atoms with Crippen LogP contribution in [0.4, 0.5) is 11.4 Å². The summed E-state index contributed by atoms with van der Waals surface area (Å²) in [6, 6.07) is 19.2. The highest BCUT2D eigenvalue weighted by Crippen LogP contribution is 2.34. The van der Waals surface area contributed by atoms with Crippen molar-refractivity contribution in [3.05, 3.63) is 92.8 Å². The van der Waals surface area contributed by atoms with Gasteiger partial charge in [0.05, 0.1) is 22.2 Å². The maximum Gasteiger partial charge on any atom is 0.315 e. The molecule has 1 saturated heterocycles. The Morgan fingerprint density at radius 2 is 1.60 bits per heavy atom. The van der Waals surface area contributed by atoms with Crippen LogP contribution in [0.3, 0.4) is 0 Å². The lowest BCUT2D eigenvalue weighted by molar-refractivity contribution is -0.133. The van der Waals surface area contributed by atoms with Crippen molar-refractivity contribution in [2.75, 3.05) is 38.0 Å². The molecule has 3 aromatic carbocycles. The van der Waals surface area contributed by atoms with Gasteiger partial charge in [-0.2, -0.15) is 0 Å². The summed E-state index contributed by atoms with van der Waals surface area (Å²) in [4.78, 5) is 40.4. The Labute approximate surface area is 248 Å². The fourth-order valence-corrected chi connectivity index (χ4v) is 5.43. The summed E-state index contributed by atoms with van der Waals surface area (Å²) >= 11 is 13.6. The number of hydrogen-bond acceptors (Lipinski definition) is 8. The van der Waals surface area contributed by atoms with Gasteiger partial charge in [0, 0.05) is 65.3 Å². The highest BCUT2D eigenvalue weighted by atomic mass is 35.5. The number of rotatable bonds is 10. The molecule has 3 aromatic rings. The van der Waals surface area contributed by atoms with Crippen molar-refractivity contribution < 1.29 is 14.3 Å². The number of hydrogen-bond donors (Lipinski definition) is 1. The minimum absolute atomic E-state index is 0.0222. The zero-order chi connectivity index (χ0) is 28.7. The van der Waals surface area contributed by atoms with Crippen molar-refractivity contribution in [1.29, 1.82) is 0 Å². The molecule has 1 N–H and O–H groups in total. The van der Waals surface area contributed by atoms with Gasteiger partial charge >= 0.3 is 5.97 Å². The van der Waals surface area contributed by atoms with Crippen LogP contribution in [0.15, 0.2) is 71.3 Å². The number of amides is 1. The number of esters is 1. The van der Waals surface area contributed by atoms with Crippen molar-refractivity contribution in [2.24, 2.45) is 4.58 Å². The molecule has 0 aromatic heterocycles. The van der Waals surface area contributed by atoms with Crippen LogP contribution in [-0.4, -0.2) is 59.1 Å². The monoisotopic (exact) mass is 600 g/mol. The molecule has 1 aliphatic heterocycles. The molecular formula is C29H30Cl2N4O4S. The fourth-order valence-electron chi connectivity index (χ4n) is 4.50. The fraction of sp³-hybridized carbons (Fsp3) is 0.310. The first-order chi connectivity index (χ1) is 19.1. The third-order valence-corrected chi connectivity index (χ3v) is 7.78. The number of anilines is 2. The number of para-hydroxylation sites is 2. The van der Waals surface area contributed by atoms with Gasteiger partial charge in [-0.3, -0.25) is 14.5 Å². The predicted octanol–water partition coefficient (Wildman–Crippen LogP) is 6.84. The highest BCUT2D eigenvalue weighted by molar-refractivity contribution is 7.99. The first-order valence-electron chi connectivity index (χ1n) is 12.8. The zero-order valence-electron chi connectivity index (χ0n) is 22.2. The zero-order valence-corrected chi connectivity index (χ0v) is 24.6. The average Bonchev–Trinajstić information content (AvgIpc) is 2.92. The lowest BCUT2D eigenvalue weighted by atomic mass is 10.1. The van der Waals surface area contributed by atoms with Crippen LogP contribution in [0.2, 0.25) is 10.0 Å². The number of carbonyl (C=O) groups excluding carboxylic acids is 2. The Hall–Kier alpha value is -3.11. The largest absolute Gasteiger partial charge is 0.426 e. The Morgan fingerprint density at radius 1 is 0.950 bits per heavy atom. The number of ether oxygens (including phenoxy) is 1. The summed E-state index contributed by atoms with van der Waals surface area (Å²) in [7, 11) is 0. The summed E-state index contributed by atoms with van der Waals surface area (Å²) in [6.07, 6.45) is 0.0222. The summed E-state index contributed by atoms with van der Waals surface area (Å²) in [5.41, 5.74) is 2.50. The molecule has 0 atom stereocenters. The van der Waals surface area contributed by atoms with Crippen LogP contribution in [-0.2, 0) is 11.2 Å². The topological polar surface area (TPSA) is 91.3 Å². The predicted molar refractivity (Wildman–Crippen MR) is 162 cm³/mol. The number of carbonyl (C=O) groups is 2. The molecule has 0 unspecified atom stereocenters. The number of nitrogens with zero attached hydrogens (tertiary/aromatic N) is 3. The molecule has 210 valence electrons. The molecule has 1 heterocycles. The molecule has 0 bridgehead atoms. The van der Waals surface area contributed by atoms with Crippen LogP contribution in [0, 0.1) is 4.91 Å². The van der Waals surface area contributed by atoms with Gasteiger partial charge in [0.15, 0.2) is 0 Å². The van der Waals surface area contributed by atoms with Gasteiger partial charge in [-0.15, -0.1) is 4.91 Å². The second kappa shape index (κ2) is 13.5. The SMILES string of the molecule is CC(C)(CN1CCN(C(=O)c2ccc(OC(=O)Cc3ccccc3Nc3c(Cl)cccc3Cl)cc2)CC1)SN=O. The third kappa shape index (κ3) is 7.97. The van der Waals surface area contributed by atoms with Crippen molar-refractivity contribution >= 4 is 58.4 Å². The van der Waals surface area contributed by atoms with E-state index in [0.29, 0.717) is 45.8 Å². The summed E-state index contributed by atoms with van der Waals surface area (Å²) in [6.45, 7) is 7.33. The van der Waals surface area contributed by atoms with E-state index in [-0.39, 0.29) is 17.1 Å². The van der Waals surface area contributed by atoms with E-state index in [1.807, 2.05) is 43.0 Å². The van der Waals surface area contributed by atoms with Gasteiger partial charge in [0.25, 0.3) is 5.91 Å². The summed E-state index contributed by atoms with van der Waals surface area (Å²) < 4.78 is 8.23. The summed E-state index contributed by atoms with van der Waals surface area (Å²) in [5, 5.41) is 4.15.